The lowest BCUT2D eigenvalue weighted by Crippen LogP contribution is -1.79. The Labute approximate surface area is 174 Å². The van der Waals surface area contributed by atoms with E-state index in [1.807, 2.05) is 45.9 Å². The molecule has 0 fully saturated rings. The molecule has 0 heterocycles. The molecule has 0 saturated carbocycles. The van der Waals surface area contributed by atoms with Crippen molar-refractivity contribution in [2.45, 2.75) is 34.6 Å². The van der Waals surface area contributed by atoms with E-state index >= 15 is 0 Å². The van der Waals surface area contributed by atoms with Crippen LogP contribution in [-0.4, -0.2) is 23.9 Å². The highest BCUT2D eigenvalue weighted by atomic mass is 16.6. The summed E-state index contributed by atoms with van der Waals surface area (Å²) in [5, 5.41) is 20.2. The molecule has 29 heavy (non-hydrogen) atoms. The van der Waals surface area contributed by atoms with Crippen molar-refractivity contribution in [2.24, 2.45) is 0 Å². The second-order valence-corrected chi connectivity index (χ2v) is 4.88. The van der Waals surface area contributed by atoms with Gasteiger partial charge in [-0.1, -0.05) is 112 Å². The van der Waals surface area contributed by atoms with E-state index in [0.717, 1.165) is 14.1 Å². The smallest absolute Gasteiger partial charge is 0.194 e. The number of hydrogen-bond donors (Lipinski definition) is 0. The predicted molar refractivity (Wildman–Crippen MR) is 124 cm³/mol. The Morgan fingerprint density at radius 2 is 0.759 bits per heavy atom. The van der Waals surface area contributed by atoms with Gasteiger partial charge in [-0.2, -0.15) is 0 Å². The van der Waals surface area contributed by atoms with Crippen molar-refractivity contribution in [1.29, 1.82) is 0 Å². The summed E-state index contributed by atoms with van der Waals surface area (Å²) in [6.45, 7) is 10.1. The van der Waals surface area contributed by atoms with Crippen LogP contribution >= 0.6 is 0 Å². The van der Waals surface area contributed by atoms with Gasteiger partial charge in [0.1, 0.15) is 0 Å². The summed E-state index contributed by atoms with van der Waals surface area (Å²) in [5.74, 6) is 0. The highest BCUT2D eigenvalue weighted by Crippen LogP contribution is 2.11. The monoisotopic (exact) mass is 402 g/mol. The molecule has 0 aliphatic rings. The average molecular weight is 403 g/mol. The lowest BCUT2D eigenvalue weighted by atomic mass is 10.1. The van der Waals surface area contributed by atoms with E-state index in [-0.39, 0.29) is 0 Å². The van der Waals surface area contributed by atoms with Crippen molar-refractivity contribution in [3.8, 4) is 0 Å². The van der Waals surface area contributed by atoms with Gasteiger partial charge in [0, 0.05) is 9.85 Å². The lowest BCUT2D eigenvalue weighted by molar-refractivity contribution is -0.445. The van der Waals surface area contributed by atoms with Crippen LogP contribution in [0.15, 0.2) is 78.9 Å². The first-order valence-electron chi connectivity index (χ1n) is 9.44. The predicted octanol–water partition coefficient (Wildman–Crippen LogP) is 6.67. The van der Waals surface area contributed by atoms with E-state index < -0.39 is 9.85 Å². The molecule has 0 radical (unpaired) electrons. The molecule has 0 N–H and O–H groups in total. The van der Waals surface area contributed by atoms with E-state index in [0.29, 0.717) is 0 Å². The highest BCUT2D eigenvalue weighted by molar-refractivity contribution is 5.81. The standard InChI is InChI=1S/C10H8.C7H8.2C2H6.2CH3NO2/c1-2-6-10-8-4-3-7-9(10)5-1;1-7-5-3-2-4-6-7;2*1-2;2*1-2(3)4/h1-8H;2-6H,1H3;2*1-2H3;2*1H3. The van der Waals surface area contributed by atoms with E-state index in [1.54, 1.807) is 0 Å². The van der Waals surface area contributed by atoms with E-state index in [9.17, 15) is 0 Å². The van der Waals surface area contributed by atoms with Crippen LogP contribution in [-0.2, 0) is 0 Å². The second kappa shape index (κ2) is 22.8. The number of hydrogen-bond acceptors (Lipinski definition) is 4. The molecule has 0 spiro atoms. The normalized spacial score (nSPS) is 7.69. The highest BCUT2D eigenvalue weighted by Gasteiger charge is 1.85. The minimum Gasteiger partial charge on any atom is -0.265 e. The molecule has 3 aromatic rings. The molecule has 0 amide bonds. The van der Waals surface area contributed by atoms with Crippen LogP contribution in [0, 0.1) is 27.2 Å². The lowest BCUT2D eigenvalue weighted by Gasteiger charge is -1.92. The zero-order chi connectivity index (χ0) is 23.1. The third-order valence-electron chi connectivity index (χ3n) is 2.60. The first-order valence-corrected chi connectivity index (χ1v) is 9.44. The number of nitro groups is 2. The van der Waals surface area contributed by atoms with Crippen LogP contribution < -0.4 is 0 Å². The Bertz CT molecular complexity index is 677. The number of benzene rings is 3. The van der Waals surface area contributed by atoms with Gasteiger partial charge < -0.3 is 0 Å². The Morgan fingerprint density at radius 1 is 0.552 bits per heavy atom. The van der Waals surface area contributed by atoms with Gasteiger partial charge in [0.05, 0.1) is 0 Å². The van der Waals surface area contributed by atoms with Crippen LogP contribution in [0.2, 0.25) is 0 Å². The molecule has 0 aliphatic heterocycles. The van der Waals surface area contributed by atoms with Crippen molar-refractivity contribution in [2.75, 3.05) is 14.1 Å². The Balaban J connectivity index is -0.000000315. The molecule has 3 rings (SSSR count). The molecule has 3 aromatic carbocycles. The molecule has 6 nitrogen and oxygen atoms in total. The molecular formula is C23H34N2O4. The summed E-state index contributed by atoms with van der Waals surface area (Å²) in [4.78, 5) is 16.6. The summed E-state index contributed by atoms with van der Waals surface area (Å²) in [6.07, 6.45) is 0. The summed E-state index contributed by atoms with van der Waals surface area (Å²) in [7, 11) is 1.78. The number of nitrogens with zero attached hydrogens (tertiary/aromatic N) is 2. The number of aryl methyl sites for hydroxylation is 1. The first kappa shape index (κ1) is 30.4. The largest absolute Gasteiger partial charge is 0.265 e. The second-order valence-electron chi connectivity index (χ2n) is 4.88. The van der Waals surface area contributed by atoms with Gasteiger partial charge in [-0.05, 0) is 17.7 Å². The Morgan fingerprint density at radius 3 is 0.931 bits per heavy atom. The van der Waals surface area contributed by atoms with Gasteiger partial charge in [0.2, 0.25) is 0 Å². The van der Waals surface area contributed by atoms with Gasteiger partial charge >= 0.3 is 0 Å². The SMILES string of the molecule is CC.CC.C[N+](=O)[O-].C[N+](=O)[O-].Cc1ccccc1.c1ccc2ccccc2c1. The van der Waals surface area contributed by atoms with Gasteiger partial charge in [-0.15, -0.1) is 0 Å². The van der Waals surface area contributed by atoms with Crippen LogP contribution in [0.4, 0.5) is 0 Å². The van der Waals surface area contributed by atoms with Gasteiger partial charge in [0.25, 0.3) is 0 Å². The zero-order valence-electron chi connectivity index (χ0n) is 18.5. The third kappa shape index (κ3) is 24.7. The Kier molecular flexibility index (Phi) is 23.9. The molecule has 0 atom stereocenters. The molecule has 0 bridgehead atoms. The van der Waals surface area contributed by atoms with Gasteiger partial charge in [-0.3, -0.25) is 20.2 Å². The van der Waals surface area contributed by atoms with E-state index in [4.69, 9.17) is 20.2 Å². The van der Waals surface area contributed by atoms with E-state index in [1.165, 1.54) is 16.3 Å². The van der Waals surface area contributed by atoms with Crippen molar-refractivity contribution >= 4 is 10.8 Å². The fraction of sp³-hybridized carbons (Fsp3) is 0.304. The summed E-state index contributed by atoms with van der Waals surface area (Å²) >= 11 is 0. The Hall–Kier alpha value is -3.28. The van der Waals surface area contributed by atoms with Crippen LogP contribution in [0.1, 0.15) is 33.3 Å². The molecule has 0 aromatic heterocycles. The minimum atomic E-state index is -0.500. The fourth-order valence-electron chi connectivity index (χ4n) is 1.67. The maximum absolute atomic E-state index is 8.81. The van der Waals surface area contributed by atoms with Crippen molar-refractivity contribution in [3.05, 3.63) is 105 Å². The van der Waals surface area contributed by atoms with Gasteiger partial charge in [-0.25, -0.2) is 0 Å². The number of rotatable bonds is 0. The molecule has 160 valence electrons. The maximum Gasteiger partial charge on any atom is 0.194 e. The van der Waals surface area contributed by atoms with Crippen LogP contribution in [0.3, 0.4) is 0 Å². The topological polar surface area (TPSA) is 86.3 Å². The van der Waals surface area contributed by atoms with Gasteiger partial charge in [0.15, 0.2) is 14.1 Å². The summed E-state index contributed by atoms with van der Waals surface area (Å²) < 4.78 is 0. The number of fused-ring (bicyclic) bond motifs is 1. The van der Waals surface area contributed by atoms with Crippen molar-refractivity contribution in [1.82, 2.24) is 0 Å². The minimum absolute atomic E-state index is 0.500. The summed E-state index contributed by atoms with van der Waals surface area (Å²) in [6, 6.07) is 27.0. The molecule has 6 heteroatoms. The zero-order valence-corrected chi connectivity index (χ0v) is 18.5. The molecular weight excluding hydrogens is 368 g/mol. The van der Waals surface area contributed by atoms with E-state index in [2.05, 4.69) is 67.6 Å². The molecule has 0 saturated heterocycles. The third-order valence-corrected chi connectivity index (χ3v) is 2.60. The fourth-order valence-corrected chi connectivity index (χ4v) is 1.67. The molecule has 0 aliphatic carbocycles. The van der Waals surface area contributed by atoms with Crippen LogP contribution in [0.25, 0.3) is 10.8 Å². The quantitative estimate of drug-likeness (QED) is 0.310. The van der Waals surface area contributed by atoms with Crippen LogP contribution in [0.5, 0.6) is 0 Å². The molecule has 0 unspecified atom stereocenters. The average Bonchev–Trinajstić information content (AvgIpc) is 2.71. The van der Waals surface area contributed by atoms with Crippen molar-refractivity contribution in [3.63, 3.8) is 0 Å². The van der Waals surface area contributed by atoms with Crippen molar-refractivity contribution < 1.29 is 9.85 Å². The first-order chi connectivity index (χ1) is 13.8. The maximum atomic E-state index is 8.81. The summed E-state index contributed by atoms with van der Waals surface area (Å²) in [5.41, 5.74) is 1.32.